The first kappa shape index (κ1) is 18.8. The zero-order valence-corrected chi connectivity index (χ0v) is 15.5. The van der Waals surface area contributed by atoms with Crippen molar-refractivity contribution in [2.45, 2.75) is 39.5 Å². The van der Waals surface area contributed by atoms with Crippen LogP contribution < -0.4 is 5.32 Å². The van der Waals surface area contributed by atoms with E-state index in [1.165, 1.54) is 22.4 Å². The predicted molar refractivity (Wildman–Crippen MR) is 102 cm³/mol. The van der Waals surface area contributed by atoms with Gasteiger partial charge in [-0.25, -0.2) is 0 Å². The van der Waals surface area contributed by atoms with E-state index in [4.69, 9.17) is 0 Å². The Kier molecular flexibility index (Phi) is 7.70. The third kappa shape index (κ3) is 4.89. The van der Waals surface area contributed by atoms with Crippen molar-refractivity contribution in [3.05, 3.63) is 71.4 Å². The van der Waals surface area contributed by atoms with Crippen molar-refractivity contribution in [2.75, 3.05) is 5.32 Å². The first-order valence-electron chi connectivity index (χ1n) is 7.70. The molecule has 1 nitrogen and oxygen atoms in total. The number of benzene rings is 2. The largest absolute Gasteiger partial charge is 2.00 e. The molecule has 0 spiro atoms. The smallest absolute Gasteiger partial charge is 1.00 e. The Morgan fingerprint density at radius 2 is 1.36 bits per heavy atom. The van der Waals surface area contributed by atoms with Crippen LogP contribution in [0.15, 0.2) is 54.7 Å². The zero-order chi connectivity index (χ0) is 15.2. The molecule has 2 aromatic rings. The van der Waals surface area contributed by atoms with E-state index in [0.29, 0.717) is 11.8 Å². The van der Waals surface area contributed by atoms with Crippen LogP contribution in [0.5, 0.6) is 0 Å². The van der Waals surface area contributed by atoms with Crippen LogP contribution in [-0.2, 0) is 0 Å². The molecule has 0 aromatic heterocycles. The van der Waals surface area contributed by atoms with Gasteiger partial charge in [0.1, 0.15) is 0 Å². The minimum Gasteiger partial charge on any atom is -1.00 e. The van der Waals surface area contributed by atoms with E-state index in [2.05, 4.69) is 81.6 Å². The molecule has 0 radical (unpaired) electrons. The van der Waals surface area contributed by atoms with Crippen LogP contribution in [0, 0.1) is 0 Å². The summed E-state index contributed by atoms with van der Waals surface area (Å²) in [5, 5.41) is 3.51. The Bertz CT molecular complexity index is 584. The molecule has 0 fully saturated rings. The number of para-hydroxylation sites is 1. The molecule has 0 heterocycles. The molecule has 0 aliphatic carbocycles. The molecule has 2 rings (SSSR count). The van der Waals surface area contributed by atoms with Crippen LogP contribution in [-0.4, -0.2) is 23.1 Å². The van der Waals surface area contributed by atoms with Gasteiger partial charge in [-0.15, -0.1) is 0 Å². The van der Waals surface area contributed by atoms with Crippen molar-refractivity contribution in [1.29, 1.82) is 0 Å². The summed E-state index contributed by atoms with van der Waals surface area (Å²) in [5.41, 5.74) is 5.21. The van der Waals surface area contributed by atoms with E-state index >= 15 is 0 Å². The van der Waals surface area contributed by atoms with Gasteiger partial charge in [0.05, 0.1) is 0 Å². The minimum absolute atomic E-state index is 0. The first-order valence-corrected chi connectivity index (χ1v) is 7.70. The predicted octanol–water partition coefficient (Wildman–Crippen LogP) is 5.86. The molecule has 2 aromatic carbocycles. The van der Waals surface area contributed by atoms with E-state index in [9.17, 15) is 0 Å². The van der Waals surface area contributed by atoms with Gasteiger partial charge in [-0.05, 0) is 34.6 Å². The second kappa shape index (κ2) is 9.01. The fraction of sp³-hybridized carbons (Fsp3) is 0.300. The molecule has 22 heavy (non-hydrogen) atoms. The number of hydrogen-bond donors (Lipinski definition) is 1. The topological polar surface area (TPSA) is 12.0 Å². The van der Waals surface area contributed by atoms with Gasteiger partial charge in [-0.2, -0.15) is 0 Å². The van der Waals surface area contributed by atoms with Crippen LogP contribution >= 0.6 is 0 Å². The number of anilines is 1. The third-order valence-corrected chi connectivity index (χ3v) is 3.68. The Balaban J connectivity index is 0. The second-order valence-corrected chi connectivity index (χ2v) is 6.01. The summed E-state index contributed by atoms with van der Waals surface area (Å²) < 4.78 is 0. The minimum atomic E-state index is 0. The Morgan fingerprint density at radius 1 is 0.818 bits per heavy atom. The van der Waals surface area contributed by atoms with Crippen molar-refractivity contribution < 1.29 is 2.85 Å². The molecule has 1 N–H and O–H groups in total. The van der Waals surface area contributed by atoms with E-state index in [1.807, 2.05) is 12.3 Å². The average molecular weight is 306 g/mol. The third-order valence-electron chi connectivity index (χ3n) is 3.68. The Labute approximate surface area is 154 Å². The van der Waals surface area contributed by atoms with Gasteiger partial charge in [0.25, 0.3) is 0 Å². The summed E-state index contributed by atoms with van der Waals surface area (Å²) in [4.78, 5) is 0. The fourth-order valence-corrected chi connectivity index (χ4v) is 2.50. The van der Waals surface area contributed by atoms with Gasteiger partial charge in [-0.3, -0.25) is 0 Å². The summed E-state index contributed by atoms with van der Waals surface area (Å²) in [6.07, 6.45) is 4.16. The molecule has 0 saturated heterocycles. The van der Waals surface area contributed by atoms with E-state index in [0.717, 1.165) is 0 Å². The normalized spacial score (nSPS) is 11.0. The monoisotopic (exact) mass is 305 g/mol. The molecule has 114 valence electrons. The van der Waals surface area contributed by atoms with Crippen molar-refractivity contribution >= 4 is 34.8 Å². The molecule has 0 saturated carbocycles. The van der Waals surface area contributed by atoms with Gasteiger partial charge >= 0.3 is 23.1 Å². The summed E-state index contributed by atoms with van der Waals surface area (Å²) in [6, 6.07) is 17.0. The van der Waals surface area contributed by atoms with Gasteiger partial charge in [0.15, 0.2) is 0 Å². The van der Waals surface area contributed by atoms with Gasteiger partial charge < -0.3 is 8.17 Å². The van der Waals surface area contributed by atoms with E-state index in [-0.39, 0.29) is 25.9 Å². The summed E-state index contributed by atoms with van der Waals surface area (Å²) in [7, 11) is 0. The molecule has 2 heteroatoms. The molecular formula is C20H27MgN. The maximum atomic E-state index is 3.51. The molecule has 0 aliphatic rings. The molecule has 0 atom stereocenters. The van der Waals surface area contributed by atoms with Crippen molar-refractivity contribution in [2.24, 2.45) is 0 Å². The first-order chi connectivity index (χ1) is 10.1. The zero-order valence-electron chi connectivity index (χ0n) is 16.1. The van der Waals surface area contributed by atoms with Crippen molar-refractivity contribution in [3.8, 4) is 0 Å². The summed E-state index contributed by atoms with van der Waals surface area (Å²) in [5.74, 6) is 1.02. The molecule has 0 amide bonds. The van der Waals surface area contributed by atoms with Crippen molar-refractivity contribution in [1.82, 2.24) is 0 Å². The maximum absolute atomic E-state index is 3.51. The molecule has 0 bridgehead atoms. The van der Waals surface area contributed by atoms with Gasteiger partial charge in [-0.1, -0.05) is 76.2 Å². The Hall–Kier alpha value is -1.25. The van der Waals surface area contributed by atoms with Crippen LogP contribution in [0.4, 0.5) is 5.69 Å². The number of nitrogens with one attached hydrogen (secondary N) is 1. The van der Waals surface area contributed by atoms with Crippen LogP contribution in [0.25, 0.3) is 6.08 Å². The number of hydrogen-bond acceptors (Lipinski definition) is 1. The summed E-state index contributed by atoms with van der Waals surface area (Å²) in [6.45, 7) is 8.97. The Morgan fingerprint density at radius 3 is 1.86 bits per heavy atom. The molecular weight excluding hydrogens is 279 g/mol. The van der Waals surface area contributed by atoms with E-state index in [1.54, 1.807) is 0 Å². The molecule has 0 unspecified atom stereocenters. The maximum Gasteiger partial charge on any atom is 2.00 e. The molecule has 0 aliphatic heterocycles. The van der Waals surface area contributed by atoms with Gasteiger partial charge in [0, 0.05) is 11.9 Å². The van der Waals surface area contributed by atoms with E-state index < -0.39 is 0 Å². The van der Waals surface area contributed by atoms with Crippen LogP contribution in [0.2, 0.25) is 0 Å². The standard InChI is InChI=1S/C20H25N.Mg.2H/c1-15(2)18-11-8-12-19(16(3)4)20(18)21-14-13-17-9-6-5-7-10-17;;;/h5-16,21H,1-4H3;;;/q;+2;2*-1. The second-order valence-electron chi connectivity index (χ2n) is 6.01. The fourth-order valence-electron chi connectivity index (χ4n) is 2.50. The van der Waals surface area contributed by atoms with Crippen LogP contribution in [0.3, 0.4) is 0 Å². The van der Waals surface area contributed by atoms with Crippen LogP contribution in [0.1, 0.15) is 59.1 Å². The SMILES string of the molecule is CC(C)c1cccc(C(C)C)c1NC=Cc1ccccc1.[H-].[H-].[Mg+2]. The quantitative estimate of drug-likeness (QED) is 0.682. The average Bonchev–Trinajstić information content (AvgIpc) is 2.48. The van der Waals surface area contributed by atoms with Gasteiger partial charge in [0.2, 0.25) is 0 Å². The number of rotatable bonds is 5. The summed E-state index contributed by atoms with van der Waals surface area (Å²) >= 11 is 0. The van der Waals surface area contributed by atoms with Crippen molar-refractivity contribution in [3.63, 3.8) is 0 Å².